The molecule has 4 rings (SSSR count). The van der Waals surface area contributed by atoms with Gasteiger partial charge < -0.3 is 0 Å². The Bertz CT molecular complexity index is 783. The van der Waals surface area contributed by atoms with Crippen molar-refractivity contribution in [3.05, 3.63) is 83.9 Å². The molecule has 3 aromatic rings. The summed E-state index contributed by atoms with van der Waals surface area (Å²) in [5, 5.41) is 4.18. The molecule has 0 saturated heterocycles. The molecule has 4 heteroatoms. The summed E-state index contributed by atoms with van der Waals surface area (Å²) in [6, 6.07) is 17.4. The zero-order chi connectivity index (χ0) is 18.6. The number of fused-ring (bicyclic) bond motifs is 1. The van der Waals surface area contributed by atoms with Crippen LogP contribution in [-0.4, -0.2) is 0 Å². The van der Waals surface area contributed by atoms with E-state index in [1.54, 1.807) is 0 Å². The van der Waals surface area contributed by atoms with Crippen molar-refractivity contribution in [2.24, 2.45) is 0 Å². The van der Waals surface area contributed by atoms with Gasteiger partial charge in [-0.2, -0.15) is 12.1 Å². The van der Waals surface area contributed by atoms with Crippen LogP contribution in [0.2, 0.25) is 0 Å². The van der Waals surface area contributed by atoms with Crippen molar-refractivity contribution in [1.82, 2.24) is 0 Å². The van der Waals surface area contributed by atoms with Crippen LogP contribution >= 0.6 is 24.6 Å². The van der Waals surface area contributed by atoms with E-state index >= 15 is 0 Å². The zero-order valence-corrected chi connectivity index (χ0v) is 19.8. The number of hydrogen-bond acceptors (Lipinski definition) is 0. The van der Waals surface area contributed by atoms with Crippen molar-refractivity contribution < 1.29 is 20.8 Å². The molecule has 0 atom stereocenters. The molecule has 0 amide bonds. The molecule has 0 spiro atoms. The van der Waals surface area contributed by atoms with E-state index in [0.717, 1.165) is 6.42 Å². The molecule has 0 saturated carbocycles. The monoisotopic (exact) mass is 478 g/mol. The quantitative estimate of drug-likeness (QED) is 0.327. The molecule has 0 unspecified atom stereocenters. The van der Waals surface area contributed by atoms with Crippen LogP contribution in [0.1, 0.15) is 32.6 Å². The maximum Gasteiger partial charge on any atom is -0.0395 e. The van der Waals surface area contributed by atoms with Gasteiger partial charge in [-0.1, -0.05) is 49.7 Å². The fourth-order valence-electron chi connectivity index (χ4n) is 2.78. The summed E-state index contributed by atoms with van der Waals surface area (Å²) in [4.78, 5) is 0. The van der Waals surface area contributed by atoms with E-state index in [2.05, 4.69) is 85.3 Å². The molecule has 0 nitrogen and oxygen atoms in total. The number of hydrogen-bond donors (Lipinski definition) is 0. The SMILES string of the molecule is CCCCC1=[C-]CC=C1.[Cl][Zr+2][Cl].c1ccc2[cH-]c(-p3cccc3)cc2c1. The predicted octanol–water partition coefficient (Wildman–Crippen LogP) is 8.78. The van der Waals surface area contributed by atoms with Crippen LogP contribution < -0.4 is 0 Å². The number of unbranched alkanes of at least 4 members (excludes halogenated alkanes) is 1. The van der Waals surface area contributed by atoms with Crippen LogP contribution in [0.25, 0.3) is 16.1 Å². The smallest absolute Gasteiger partial charge is 0.0395 e. The average molecular weight is 481 g/mol. The van der Waals surface area contributed by atoms with Gasteiger partial charge >= 0.3 is 37.9 Å². The first-order valence-corrected chi connectivity index (χ1v) is 16.6. The second-order valence-electron chi connectivity index (χ2n) is 5.92. The van der Waals surface area contributed by atoms with Crippen molar-refractivity contribution >= 4 is 35.3 Å². The maximum absolute atomic E-state index is 4.93. The zero-order valence-electron chi connectivity index (χ0n) is 15.0. The molecule has 1 aromatic heterocycles. The van der Waals surface area contributed by atoms with E-state index in [1.165, 1.54) is 40.9 Å². The summed E-state index contributed by atoms with van der Waals surface area (Å²) < 4.78 is 0. The Morgan fingerprint density at radius 1 is 1.15 bits per heavy atom. The molecular weight excluding hydrogens is 457 g/mol. The molecule has 2 aromatic carbocycles. The summed E-state index contributed by atoms with van der Waals surface area (Å²) in [5.41, 5.74) is 1.41. The van der Waals surface area contributed by atoms with Gasteiger partial charge in [-0.15, -0.1) is 49.0 Å². The second-order valence-corrected chi connectivity index (χ2v) is 11.6. The number of rotatable bonds is 4. The van der Waals surface area contributed by atoms with Gasteiger partial charge in [-0.3, -0.25) is 6.08 Å². The van der Waals surface area contributed by atoms with Crippen LogP contribution in [0.4, 0.5) is 0 Å². The third-order valence-corrected chi connectivity index (χ3v) is 5.91. The number of halogens is 2. The minimum atomic E-state index is -0.826. The Morgan fingerprint density at radius 2 is 1.88 bits per heavy atom. The minimum absolute atomic E-state index is 0.148. The molecule has 0 N–H and O–H groups in total. The van der Waals surface area contributed by atoms with Crippen LogP contribution in [0.15, 0.2) is 77.9 Å². The summed E-state index contributed by atoms with van der Waals surface area (Å²) in [6.45, 7) is 2.22. The Balaban J connectivity index is 0.000000175. The van der Waals surface area contributed by atoms with Crippen molar-refractivity contribution in [2.75, 3.05) is 0 Å². The van der Waals surface area contributed by atoms with Crippen molar-refractivity contribution in [1.29, 1.82) is 0 Å². The Kier molecular flexibility index (Phi) is 10.8. The van der Waals surface area contributed by atoms with Gasteiger partial charge in [0.25, 0.3) is 0 Å². The van der Waals surface area contributed by atoms with Crippen molar-refractivity contribution in [2.45, 2.75) is 32.6 Å². The molecular formula is C22H23Cl2PZr. The summed E-state index contributed by atoms with van der Waals surface area (Å²) >= 11 is -0.826. The third kappa shape index (κ3) is 7.28. The van der Waals surface area contributed by atoms with Crippen LogP contribution in [0.3, 0.4) is 0 Å². The molecule has 1 aliphatic carbocycles. The first-order valence-electron chi connectivity index (χ1n) is 8.79. The molecule has 1 aliphatic rings. The number of benzene rings is 1. The summed E-state index contributed by atoms with van der Waals surface area (Å²) in [7, 11) is 9.72. The first-order chi connectivity index (χ1) is 12.8. The fourth-order valence-corrected chi connectivity index (χ4v) is 4.37. The minimum Gasteiger partial charge on any atom is -0.157 e. The molecule has 134 valence electrons. The summed E-state index contributed by atoms with van der Waals surface area (Å²) in [6.07, 6.45) is 12.5. The summed E-state index contributed by atoms with van der Waals surface area (Å²) in [5.74, 6) is 4.59. The van der Waals surface area contributed by atoms with E-state index in [1.807, 2.05) is 0 Å². The molecule has 0 aliphatic heterocycles. The Labute approximate surface area is 177 Å². The van der Waals surface area contributed by atoms with Crippen molar-refractivity contribution in [3.63, 3.8) is 0 Å². The van der Waals surface area contributed by atoms with Gasteiger partial charge in [0.2, 0.25) is 0 Å². The molecule has 0 fully saturated rings. The van der Waals surface area contributed by atoms with Gasteiger partial charge in [0.05, 0.1) is 0 Å². The van der Waals surface area contributed by atoms with Crippen molar-refractivity contribution in [3.8, 4) is 5.30 Å². The van der Waals surface area contributed by atoms with Crippen LogP contribution in [-0.2, 0) is 20.8 Å². The van der Waals surface area contributed by atoms with E-state index < -0.39 is 20.8 Å². The Hall–Kier alpha value is -0.447. The van der Waals surface area contributed by atoms with Crippen LogP contribution in [0, 0.1) is 6.08 Å². The van der Waals surface area contributed by atoms with Gasteiger partial charge in [0.1, 0.15) is 0 Å². The Morgan fingerprint density at radius 3 is 2.50 bits per heavy atom. The molecule has 26 heavy (non-hydrogen) atoms. The number of allylic oxidation sites excluding steroid dienone is 4. The largest absolute Gasteiger partial charge is 0.157 e. The normalized spacial score (nSPS) is 11.9. The van der Waals surface area contributed by atoms with E-state index in [-0.39, 0.29) is 7.53 Å². The van der Waals surface area contributed by atoms with Gasteiger partial charge in [-0.25, -0.2) is 11.6 Å². The van der Waals surface area contributed by atoms with E-state index in [0.29, 0.717) is 0 Å². The fraction of sp³-hybridized carbons (Fsp3) is 0.227. The van der Waals surface area contributed by atoms with Gasteiger partial charge in [0, 0.05) is 0 Å². The average Bonchev–Trinajstić information content (AvgIpc) is 3.42. The predicted molar refractivity (Wildman–Crippen MR) is 115 cm³/mol. The van der Waals surface area contributed by atoms with Gasteiger partial charge in [-0.05, 0) is 11.6 Å². The molecule has 0 bridgehead atoms. The van der Waals surface area contributed by atoms with E-state index in [4.69, 9.17) is 17.0 Å². The first kappa shape index (κ1) is 21.8. The molecule has 1 heterocycles. The van der Waals surface area contributed by atoms with E-state index in [9.17, 15) is 0 Å². The molecule has 0 radical (unpaired) electrons. The topological polar surface area (TPSA) is 0 Å². The second kappa shape index (κ2) is 12.9. The van der Waals surface area contributed by atoms with Crippen LogP contribution in [0.5, 0.6) is 0 Å². The standard InChI is InChI=1S/C13H10P.C9H13.2ClH.Zr/c1-2-6-12-10-13(9-11(12)5-1)14-7-3-4-8-14;1-2-3-6-9-7-4-5-8-9;;;/h1-10H;4,7H,2-3,5-6H2,1H3;2*1H;/q2*-1;;;+4/p-2. The maximum atomic E-state index is 4.93. The van der Waals surface area contributed by atoms with Gasteiger partial charge in [0.15, 0.2) is 0 Å². The third-order valence-electron chi connectivity index (χ3n) is 4.07.